The van der Waals surface area contributed by atoms with Gasteiger partial charge in [-0.25, -0.2) is 10.5 Å². The number of nitrogens with one attached hydrogen (secondary N) is 2. The Hall–Kier alpha value is -2.41. The lowest BCUT2D eigenvalue weighted by molar-refractivity contribution is -0.124. The Morgan fingerprint density at radius 1 is 1.31 bits per heavy atom. The van der Waals surface area contributed by atoms with Crippen LogP contribution in [0.4, 0.5) is 5.82 Å². The number of likely N-dealkylation sites (tertiary alicyclic amines) is 1. The van der Waals surface area contributed by atoms with E-state index in [1.165, 1.54) is 11.6 Å². The molecule has 6 nitrogen and oxygen atoms in total. The van der Waals surface area contributed by atoms with Crippen LogP contribution < -0.4 is 10.8 Å². The highest BCUT2D eigenvalue weighted by Crippen LogP contribution is 2.18. The van der Waals surface area contributed by atoms with Gasteiger partial charge in [0, 0.05) is 43.0 Å². The fraction of sp³-hybridized carbons (Fsp3) is 0.263. The Balaban J connectivity index is 1.49. The highest BCUT2D eigenvalue weighted by atomic mass is 35.5. The molecule has 1 amide bonds. The minimum Gasteiger partial charge on any atom is -0.366 e. The van der Waals surface area contributed by atoms with Gasteiger partial charge in [0.2, 0.25) is 0 Å². The summed E-state index contributed by atoms with van der Waals surface area (Å²) in [4.78, 5) is 17.8. The maximum atomic E-state index is 11.0. The molecule has 26 heavy (non-hydrogen) atoms. The van der Waals surface area contributed by atoms with Crippen molar-refractivity contribution in [1.82, 2.24) is 15.4 Å². The van der Waals surface area contributed by atoms with Crippen LogP contribution in [-0.2, 0) is 11.3 Å². The van der Waals surface area contributed by atoms with Crippen molar-refractivity contribution in [3.8, 4) is 0 Å². The average molecular weight is 373 g/mol. The molecule has 2 heterocycles. The molecule has 0 saturated carbocycles. The van der Waals surface area contributed by atoms with Crippen LogP contribution in [0.2, 0.25) is 5.02 Å². The number of carbonyl (C=O) groups is 1. The molecule has 0 aliphatic carbocycles. The molecular formula is C19H21ClN4O2. The Labute approximate surface area is 157 Å². The molecule has 0 radical (unpaired) electrons. The second kappa shape index (κ2) is 8.80. The van der Waals surface area contributed by atoms with Crippen molar-refractivity contribution < 1.29 is 10.0 Å². The van der Waals surface area contributed by atoms with Crippen molar-refractivity contribution in [2.45, 2.75) is 19.0 Å². The Bertz CT molecular complexity index is 762. The molecule has 3 rings (SSSR count). The lowest BCUT2D eigenvalue weighted by Gasteiger charge is -2.17. The molecule has 1 aromatic heterocycles. The largest absolute Gasteiger partial charge is 0.366 e. The molecule has 1 aromatic carbocycles. The average Bonchev–Trinajstić information content (AvgIpc) is 3.09. The van der Waals surface area contributed by atoms with Crippen LogP contribution in [0.15, 0.2) is 48.7 Å². The van der Waals surface area contributed by atoms with Crippen LogP contribution >= 0.6 is 11.6 Å². The van der Waals surface area contributed by atoms with Gasteiger partial charge in [-0.15, -0.1) is 0 Å². The number of hydrogen-bond acceptors (Lipinski definition) is 5. The van der Waals surface area contributed by atoms with E-state index in [0.717, 1.165) is 42.5 Å². The Morgan fingerprint density at radius 2 is 2.12 bits per heavy atom. The Morgan fingerprint density at radius 3 is 2.81 bits per heavy atom. The van der Waals surface area contributed by atoms with E-state index < -0.39 is 5.91 Å². The van der Waals surface area contributed by atoms with Crippen LogP contribution in [0, 0.1) is 0 Å². The number of hydrogen-bond donors (Lipinski definition) is 3. The monoisotopic (exact) mass is 372 g/mol. The maximum absolute atomic E-state index is 11.0. The quantitative estimate of drug-likeness (QED) is 0.413. The van der Waals surface area contributed by atoms with Gasteiger partial charge in [-0.1, -0.05) is 23.7 Å². The summed E-state index contributed by atoms with van der Waals surface area (Å²) in [6.07, 6.45) is 5.58. The third kappa shape index (κ3) is 5.29. The molecule has 1 atom stereocenters. The van der Waals surface area contributed by atoms with Crippen LogP contribution in [0.1, 0.15) is 17.5 Å². The van der Waals surface area contributed by atoms with E-state index in [4.69, 9.17) is 16.8 Å². The maximum Gasteiger partial charge on any atom is 0.267 e. The SMILES string of the molecule is O=C(/C=C/c1ccc(NC2CCN(Cc3ccc(Cl)cc3)C2)nc1)NO. The predicted molar refractivity (Wildman–Crippen MR) is 102 cm³/mol. The number of rotatable bonds is 6. The summed E-state index contributed by atoms with van der Waals surface area (Å²) in [5, 5.41) is 12.7. The summed E-state index contributed by atoms with van der Waals surface area (Å²) < 4.78 is 0. The number of pyridine rings is 1. The number of benzene rings is 1. The van der Waals surface area contributed by atoms with Gasteiger partial charge >= 0.3 is 0 Å². The van der Waals surface area contributed by atoms with Crippen molar-refractivity contribution >= 4 is 29.4 Å². The molecule has 3 N–H and O–H groups in total. The van der Waals surface area contributed by atoms with Crippen LogP contribution in [-0.4, -0.2) is 40.1 Å². The zero-order chi connectivity index (χ0) is 18.4. The number of aromatic nitrogens is 1. The molecule has 1 fully saturated rings. The third-order valence-corrected chi connectivity index (χ3v) is 4.52. The van der Waals surface area contributed by atoms with Crippen LogP contribution in [0.3, 0.4) is 0 Å². The fourth-order valence-electron chi connectivity index (χ4n) is 2.95. The van der Waals surface area contributed by atoms with Crippen molar-refractivity contribution in [2.24, 2.45) is 0 Å². The lowest BCUT2D eigenvalue weighted by Crippen LogP contribution is -2.26. The number of anilines is 1. The van der Waals surface area contributed by atoms with Gasteiger partial charge in [0.1, 0.15) is 5.82 Å². The highest BCUT2D eigenvalue weighted by molar-refractivity contribution is 6.30. The molecule has 0 bridgehead atoms. The van der Waals surface area contributed by atoms with Crippen molar-refractivity contribution in [2.75, 3.05) is 18.4 Å². The molecule has 7 heteroatoms. The number of halogens is 1. The molecular weight excluding hydrogens is 352 g/mol. The third-order valence-electron chi connectivity index (χ3n) is 4.27. The molecule has 0 spiro atoms. The van der Waals surface area contributed by atoms with Gasteiger partial charge in [-0.05, 0) is 47.9 Å². The summed E-state index contributed by atoms with van der Waals surface area (Å²) >= 11 is 5.93. The number of carbonyl (C=O) groups excluding carboxylic acids is 1. The van der Waals surface area contributed by atoms with Crippen molar-refractivity contribution in [1.29, 1.82) is 0 Å². The van der Waals surface area contributed by atoms with E-state index in [1.807, 2.05) is 24.3 Å². The molecule has 1 aliphatic heterocycles. The topological polar surface area (TPSA) is 77.5 Å². The van der Waals surface area contributed by atoms with E-state index in [-0.39, 0.29) is 0 Å². The summed E-state index contributed by atoms with van der Waals surface area (Å²) in [7, 11) is 0. The fourth-order valence-corrected chi connectivity index (χ4v) is 3.08. The first kappa shape index (κ1) is 18.4. The number of hydroxylamine groups is 1. The standard InChI is InChI=1S/C19H21ClN4O2/c20-16-5-1-15(2-6-16)12-24-10-9-17(13-24)22-18-7-3-14(11-21-18)4-8-19(25)23-26/h1-8,11,17,26H,9-10,12-13H2,(H,21,22)(H,23,25)/b8-4+. The zero-order valence-corrected chi connectivity index (χ0v) is 15.0. The van der Waals surface area contributed by atoms with Crippen LogP contribution in [0.5, 0.6) is 0 Å². The molecule has 136 valence electrons. The minimum absolute atomic E-state index is 0.358. The first-order valence-electron chi connectivity index (χ1n) is 8.44. The molecule has 1 saturated heterocycles. The van der Waals surface area contributed by atoms with E-state index in [9.17, 15) is 4.79 Å². The molecule has 2 aromatic rings. The van der Waals surface area contributed by atoms with E-state index >= 15 is 0 Å². The number of amides is 1. The van der Waals surface area contributed by atoms with Gasteiger partial charge in [-0.3, -0.25) is 14.9 Å². The van der Waals surface area contributed by atoms with Gasteiger partial charge < -0.3 is 5.32 Å². The smallest absolute Gasteiger partial charge is 0.267 e. The van der Waals surface area contributed by atoms with E-state index in [0.29, 0.717) is 6.04 Å². The van der Waals surface area contributed by atoms with E-state index in [2.05, 4.69) is 27.3 Å². The van der Waals surface area contributed by atoms with Gasteiger partial charge in [0.25, 0.3) is 5.91 Å². The summed E-state index contributed by atoms with van der Waals surface area (Å²) in [6.45, 7) is 2.92. The number of nitrogens with zero attached hydrogens (tertiary/aromatic N) is 2. The lowest BCUT2D eigenvalue weighted by atomic mass is 10.2. The molecule has 1 unspecified atom stereocenters. The van der Waals surface area contributed by atoms with Gasteiger partial charge in [0.05, 0.1) is 0 Å². The summed E-state index contributed by atoms with van der Waals surface area (Å²) in [6, 6.07) is 12.1. The Kier molecular flexibility index (Phi) is 6.22. The second-order valence-electron chi connectivity index (χ2n) is 6.28. The predicted octanol–water partition coefficient (Wildman–Crippen LogP) is 2.94. The highest BCUT2D eigenvalue weighted by Gasteiger charge is 2.22. The summed E-state index contributed by atoms with van der Waals surface area (Å²) in [5.74, 6) is 0.242. The van der Waals surface area contributed by atoms with Crippen LogP contribution in [0.25, 0.3) is 6.08 Å². The van der Waals surface area contributed by atoms with Crippen molar-refractivity contribution in [3.63, 3.8) is 0 Å². The molecule has 1 aliphatic rings. The normalized spacial score (nSPS) is 17.5. The minimum atomic E-state index is -0.570. The van der Waals surface area contributed by atoms with E-state index in [1.54, 1.807) is 17.8 Å². The summed E-state index contributed by atoms with van der Waals surface area (Å²) in [5.41, 5.74) is 3.60. The van der Waals surface area contributed by atoms with Gasteiger partial charge in [-0.2, -0.15) is 0 Å². The second-order valence-corrected chi connectivity index (χ2v) is 6.71. The van der Waals surface area contributed by atoms with Gasteiger partial charge in [0.15, 0.2) is 0 Å². The zero-order valence-electron chi connectivity index (χ0n) is 14.2. The first-order chi connectivity index (χ1) is 12.6. The van der Waals surface area contributed by atoms with Crippen molar-refractivity contribution in [3.05, 3.63) is 64.8 Å². The first-order valence-corrected chi connectivity index (χ1v) is 8.82.